The van der Waals surface area contributed by atoms with Gasteiger partial charge in [0.25, 0.3) is 5.91 Å². The molecular weight excluding hydrogens is 528 g/mol. The quantitative estimate of drug-likeness (QED) is 0.415. The number of carbonyl (C=O) groups excluding carboxylic acids is 1. The third kappa shape index (κ3) is 5.82. The Morgan fingerprint density at radius 1 is 1.03 bits per heavy atom. The first kappa shape index (κ1) is 26.7. The molecule has 0 saturated carbocycles. The van der Waals surface area contributed by atoms with Crippen LogP contribution in [0.15, 0.2) is 42.5 Å². The van der Waals surface area contributed by atoms with Gasteiger partial charge in [0.15, 0.2) is 11.5 Å². The highest BCUT2D eigenvalue weighted by molar-refractivity contribution is 6.34. The third-order valence-electron chi connectivity index (χ3n) is 5.72. The Balaban J connectivity index is 1.77. The number of halogens is 7. The van der Waals surface area contributed by atoms with Crippen LogP contribution in [-0.4, -0.2) is 54.3 Å². The van der Waals surface area contributed by atoms with Gasteiger partial charge in [-0.3, -0.25) is 4.79 Å². The number of amides is 1. The molecule has 2 heterocycles. The van der Waals surface area contributed by atoms with Crippen LogP contribution in [0.4, 0.5) is 37.8 Å². The van der Waals surface area contributed by atoms with E-state index in [1.165, 1.54) is 11.9 Å². The van der Waals surface area contributed by atoms with Crippen LogP contribution < -0.4 is 9.80 Å². The van der Waals surface area contributed by atoms with Crippen LogP contribution in [0.1, 0.15) is 27.2 Å². The Hall–Kier alpha value is -3.32. The summed E-state index contributed by atoms with van der Waals surface area (Å²) in [4.78, 5) is 16.3. The van der Waals surface area contributed by atoms with Crippen molar-refractivity contribution >= 4 is 29.0 Å². The fourth-order valence-electron chi connectivity index (χ4n) is 3.92. The molecule has 0 bridgehead atoms. The van der Waals surface area contributed by atoms with Gasteiger partial charge in [0, 0.05) is 20.1 Å². The van der Waals surface area contributed by atoms with Crippen molar-refractivity contribution in [1.29, 1.82) is 0 Å². The summed E-state index contributed by atoms with van der Waals surface area (Å²) in [5.41, 5.74) is -2.95. The average Bonchev–Trinajstić information content (AvgIpc) is 3.26. The zero-order valence-electron chi connectivity index (χ0n) is 19.3. The monoisotopic (exact) mass is 547 g/mol. The zero-order chi connectivity index (χ0) is 27.0. The minimum Gasteiger partial charge on any atom is -0.378 e. The van der Waals surface area contributed by atoms with Crippen molar-refractivity contribution in [3.8, 4) is 0 Å². The summed E-state index contributed by atoms with van der Waals surface area (Å²) in [6, 6.07) is 7.86. The van der Waals surface area contributed by atoms with E-state index in [2.05, 4.69) is 10.3 Å². The Kier molecular flexibility index (Phi) is 7.38. The number of anilines is 2. The largest absolute Gasteiger partial charge is 0.416 e. The van der Waals surface area contributed by atoms with E-state index in [4.69, 9.17) is 16.3 Å². The normalized spacial score (nSPS) is 14.6. The SMILES string of the molecule is CN(C(=O)c1nnn(Cc2cc(C(F)(F)F)cc(C(F)(F)F)c2)c1N1CCOCC1)c1ccccc1Cl. The molecule has 1 saturated heterocycles. The molecule has 1 aliphatic heterocycles. The van der Waals surface area contributed by atoms with Crippen LogP contribution in [-0.2, 0) is 23.6 Å². The third-order valence-corrected chi connectivity index (χ3v) is 6.04. The molecule has 0 aliphatic carbocycles. The van der Waals surface area contributed by atoms with Gasteiger partial charge in [-0.05, 0) is 35.9 Å². The van der Waals surface area contributed by atoms with E-state index in [-0.39, 0.29) is 23.1 Å². The fourth-order valence-corrected chi connectivity index (χ4v) is 4.18. The van der Waals surface area contributed by atoms with Gasteiger partial charge in [-0.1, -0.05) is 28.9 Å². The van der Waals surface area contributed by atoms with Gasteiger partial charge in [0.1, 0.15) is 0 Å². The molecule has 1 fully saturated rings. The van der Waals surface area contributed by atoms with Crippen LogP contribution in [0.5, 0.6) is 0 Å². The van der Waals surface area contributed by atoms with E-state index in [0.29, 0.717) is 49.1 Å². The number of alkyl halides is 6. The van der Waals surface area contributed by atoms with Gasteiger partial charge in [0.2, 0.25) is 0 Å². The lowest BCUT2D eigenvalue weighted by atomic mass is 10.0. The summed E-state index contributed by atoms with van der Waals surface area (Å²) in [7, 11) is 1.47. The lowest BCUT2D eigenvalue weighted by molar-refractivity contribution is -0.143. The fraction of sp³-hybridized carbons (Fsp3) is 0.348. The summed E-state index contributed by atoms with van der Waals surface area (Å²) in [5.74, 6) is -0.459. The van der Waals surface area contributed by atoms with Crippen molar-refractivity contribution in [3.63, 3.8) is 0 Å². The van der Waals surface area contributed by atoms with Crippen molar-refractivity contribution in [2.45, 2.75) is 18.9 Å². The van der Waals surface area contributed by atoms with Crippen LogP contribution in [0, 0.1) is 0 Å². The molecule has 2 aromatic carbocycles. The Bertz CT molecular complexity index is 1260. The maximum Gasteiger partial charge on any atom is 0.416 e. The molecule has 0 radical (unpaired) electrons. The van der Waals surface area contributed by atoms with Gasteiger partial charge < -0.3 is 14.5 Å². The predicted octanol–water partition coefficient (Wildman–Crippen LogP) is 5.13. The van der Waals surface area contributed by atoms with Gasteiger partial charge in [-0.25, -0.2) is 4.68 Å². The van der Waals surface area contributed by atoms with Crippen molar-refractivity contribution < 1.29 is 35.9 Å². The lowest BCUT2D eigenvalue weighted by Gasteiger charge is -2.30. The van der Waals surface area contributed by atoms with Crippen molar-refractivity contribution in [1.82, 2.24) is 15.0 Å². The summed E-state index contributed by atoms with van der Waals surface area (Å²) in [6.07, 6.45) is -9.99. The van der Waals surface area contributed by atoms with Crippen LogP contribution in [0.25, 0.3) is 0 Å². The molecule has 4 rings (SSSR count). The van der Waals surface area contributed by atoms with E-state index in [1.807, 2.05) is 0 Å². The number of benzene rings is 2. The van der Waals surface area contributed by atoms with Crippen molar-refractivity contribution in [2.24, 2.45) is 0 Å². The van der Waals surface area contributed by atoms with E-state index in [0.717, 1.165) is 4.68 Å². The van der Waals surface area contributed by atoms with Crippen molar-refractivity contribution in [2.75, 3.05) is 43.2 Å². The second kappa shape index (κ2) is 10.2. The number of rotatable bonds is 5. The number of ether oxygens (including phenoxy) is 1. The molecule has 1 aliphatic rings. The highest BCUT2D eigenvalue weighted by Crippen LogP contribution is 2.37. The van der Waals surface area contributed by atoms with Crippen molar-refractivity contribution in [3.05, 3.63) is 69.9 Å². The minimum absolute atomic E-state index is 0.0568. The molecule has 1 amide bonds. The molecule has 14 heteroatoms. The number of aromatic nitrogens is 3. The van der Waals surface area contributed by atoms with E-state index < -0.39 is 35.9 Å². The molecule has 1 aromatic heterocycles. The smallest absolute Gasteiger partial charge is 0.378 e. The van der Waals surface area contributed by atoms with Gasteiger partial charge in [-0.15, -0.1) is 5.10 Å². The number of hydrogen-bond acceptors (Lipinski definition) is 5. The summed E-state index contributed by atoms with van der Waals surface area (Å²) in [5, 5.41) is 8.18. The molecule has 0 atom stereocenters. The molecule has 0 spiro atoms. The molecular formula is C23H20ClF6N5O2. The molecule has 37 heavy (non-hydrogen) atoms. The number of para-hydroxylation sites is 1. The Morgan fingerprint density at radius 2 is 1.62 bits per heavy atom. The standard InChI is InChI=1S/C23H20ClF6N5O2/c1-33(18-5-3-2-4-17(18)24)21(36)19-20(34-6-8-37-9-7-34)35(32-31-19)13-14-10-15(22(25,26)27)12-16(11-14)23(28,29)30/h2-5,10-12H,6-9,13H2,1H3. The number of nitrogens with zero attached hydrogens (tertiary/aromatic N) is 5. The van der Waals surface area contributed by atoms with Gasteiger partial charge >= 0.3 is 12.4 Å². The second-order valence-corrected chi connectivity index (χ2v) is 8.66. The summed E-state index contributed by atoms with van der Waals surface area (Å²) >= 11 is 6.21. The summed E-state index contributed by atoms with van der Waals surface area (Å²) < 4.78 is 86.6. The van der Waals surface area contributed by atoms with Gasteiger partial charge in [-0.2, -0.15) is 26.3 Å². The lowest BCUT2D eigenvalue weighted by Crippen LogP contribution is -2.39. The zero-order valence-corrected chi connectivity index (χ0v) is 20.0. The maximum atomic E-state index is 13.4. The van der Waals surface area contributed by atoms with Gasteiger partial charge in [0.05, 0.1) is 41.6 Å². The average molecular weight is 548 g/mol. The summed E-state index contributed by atoms with van der Waals surface area (Å²) in [6.45, 7) is 0.706. The Labute approximate surface area is 212 Å². The van der Waals surface area contributed by atoms with Crippen LogP contribution in [0.2, 0.25) is 5.02 Å². The number of carbonyl (C=O) groups is 1. The topological polar surface area (TPSA) is 63.5 Å². The first-order valence-corrected chi connectivity index (χ1v) is 11.3. The first-order chi connectivity index (χ1) is 17.4. The van der Waals surface area contributed by atoms with E-state index in [9.17, 15) is 31.1 Å². The molecule has 7 nitrogen and oxygen atoms in total. The maximum absolute atomic E-state index is 13.4. The molecule has 0 unspecified atom stereocenters. The first-order valence-electron chi connectivity index (χ1n) is 10.9. The molecule has 0 N–H and O–H groups in total. The number of hydrogen-bond donors (Lipinski definition) is 0. The molecule has 198 valence electrons. The highest BCUT2D eigenvalue weighted by Gasteiger charge is 2.37. The van der Waals surface area contributed by atoms with Crippen LogP contribution >= 0.6 is 11.6 Å². The molecule has 3 aromatic rings. The van der Waals surface area contributed by atoms with Crippen LogP contribution in [0.3, 0.4) is 0 Å². The van der Waals surface area contributed by atoms with E-state index >= 15 is 0 Å². The number of morpholine rings is 1. The second-order valence-electron chi connectivity index (χ2n) is 8.25. The highest BCUT2D eigenvalue weighted by atomic mass is 35.5. The van der Waals surface area contributed by atoms with E-state index in [1.54, 1.807) is 29.2 Å². The Morgan fingerprint density at radius 3 is 2.19 bits per heavy atom. The predicted molar refractivity (Wildman–Crippen MR) is 123 cm³/mol. The minimum atomic E-state index is -5.00.